The molecular formula is C24H27BrN2O3. The average molecular weight is 471 g/mol. The molecule has 0 spiro atoms. The fraction of sp³-hybridized carbons (Fsp3) is 0.417. The molecule has 0 radical (unpaired) electrons. The fourth-order valence-corrected chi connectivity index (χ4v) is 4.60. The van der Waals surface area contributed by atoms with Crippen LogP contribution in [-0.4, -0.2) is 54.9 Å². The summed E-state index contributed by atoms with van der Waals surface area (Å²) in [6.07, 6.45) is 2.14. The molecule has 1 saturated carbocycles. The lowest BCUT2D eigenvalue weighted by Gasteiger charge is -2.35. The molecule has 2 fully saturated rings. The monoisotopic (exact) mass is 470 g/mol. The van der Waals surface area contributed by atoms with Gasteiger partial charge in [0.15, 0.2) is 0 Å². The van der Waals surface area contributed by atoms with Crippen LogP contribution < -0.4 is 4.74 Å². The van der Waals surface area contributed by atoms with Crippen LogP contribution in [0.2, 0.25) is 0 Å². The third-order valence-corrected chi connectivity index (χ3v) is 6.61. The van der Waals surface area contributed by atoms with Crippen LogP contribution in [0.25, 0.3) is 0 Å². The molecule has 30 heavy (non-hydrogen) atoms. The van der Waals surface area contributed by atoms with Gasteiger partial charge in [0, 0.05) is 43.0 Å². The molecule has 4 rings (SSSR count). The standard InChI is InChI=1S/C24H27BrN2O3/c1-30-20-8-5-17(6-9-20)7-10-23(28)26-11-13-27(14-12-26)24(29)22-16-21(22)18-3-2-4-19(25)15-18/h2-6,8-9,15,21-22H,7,10-14,16H2,1H3. The fourth-order valence-electron chi connectivity index (χ4n) is 4.19. The van der Waals surface area contributed by atoms with Gasteiger partial charge < -0.3 is 14.5 Å². The van der Waals surface area contributed by atoms with Gasteiger partial charge in [-0.3, -0.25) is 9.59 Å². The first kappa shape index (κ1) is 20.9. The Hall–Kier alpha value is -2.34. The van der Waals surface area contributed by atoms with Crippen molar-refractivity contribution in [3.8, 4) is 5.75 Å². The summed E-state index contributed by atoms with van der Waals surface area (Å²) < 4.78 is 6.22. The number of methoxy groups -OCH3 is 1. The lowest BCUT2D eigenvalue weighted by atomic mass is 10.1. The first-order valence-electron chi connectivity index (χ1n) is 10.5. The molecule has 0 aromatic heterocycles. The quantitative estimate of drug-likeness (QED) is 0.643. The van der Waals surface area contributed by atoms with E-state index in [4.69, 9.17) is 4.74 Å². The number of aryl methyl sites for hydroxylation is 1. The van der Waals surface area contributed by atoms with E-state index in [0.29, 0.717) is 38.5 Å². The van der Waals surface area contributed by atoms with Gasteiger partial charge in [-0.2, -0.15) is 0 Å². The van der Waals surface area contributed by atoms with Crippen LogP contribution in [0.4, 0.5) is 0 Å². The van der Waals surface area contributed by atoms with E-state index >= 15 is 0 Å². The van der Waals surface area contributed by atoms with Crippen LogP contribution in [-0.2, 0) is 16.0 Å². The highest BCUT2D eigenvalue weighted by atomic mass is 79.9. The first-order chi connectivity index (χ1) is 14.5. The lowest BCUT2D eigenvalue weighted by molar-refractivity contribution is -0.140. The largest absolute Gasteiger partial charge is 0.497 e. The van der Waals surface area contributed by atoms with Crippen LogP contribution in [0.15, 0.2) is 53.0 Å². The number of rotatable bonds is 6. The van der Waals surface area contributed by atoms with Crippen molar-refractivity contribution >= 4 is 27.7 Å². The maximum Gasteiger partial charge on any atom is 0.226 e. The van der Waals surface area contributed by atoms with Gasteiger partial charge >= 0.3 is 0 Å². The number of halogens is 1. The third-order valence-electron chi connectivity index (χ3n) is 6.12. The van der Waals surface area contributed by atoms with E-state index in [1.54, 1.807) is 7.11 Å². The number of amides is 2. The summed E-state index contributed by atoms with van der Waals surface area (Å²) in [7, 11) is 1.65. The van der Waals surface area contributed by atoms with E-state index in [9.17, 15) is 9.59 Å². The van der Waals surface area contributed by atoms with Crippen molar-refractivity contribution in [2.24, 2.45) is 5.92 Å². The highest BCUT2D eigenvalue weighted by Crippen LogP contribution is 2.48. The highest BCUT2D eigenvalue weighted by molar-refractivity contribution is 9.10. The molecule has 2 unspecified atom stereocenters. The van der Waals surface area contributed by atoms with E-state index in [0.717, 1.165) is 28.6 Å². The van der Waals surface area contributed by atoms with Crippen molar-refractivity contribution < 1.29 is 14.3 Å². The molecule has 2 aromatic rings. The summed E-state index contributed by atoms with van der Waals surface area (Å²) in [4.78, 5) is 29.3. The van der Waals surface area contributed by atoms with E-state index in [1.807, 2.05) is 46.2 Å². The average Bonchev–Trinajstić information content (AvgIpc) is 3.58. The first-order valence-corrected chi connectivity index (χ1v) is 11.3. The predicted molar refractivity (Wildman–Crippen MR) is 119 cm³/mol. The van der Waals surface area contributed by atoms with E-state index in [2.05, 4.69) is 28.1 Å². The number of piperazine rings is 1. The molecule has 2 amide bonds. The zero-order chi connectivity index (χ0) is 21.1. The van der Waals surface area contributed by atoms with Crippen molar-refractivity contribution in [2.45, 2.75) is 25.2 Å². The van der Waals surface area contributed by atoms with Crippen LogP contribution in [0, 0.1) is 5.92 Å². The Bertz CT molecular complexity index is 907. The van der Waals surface area contributed by atoms with Crippen molar-refractivity contribution in [1.82, 2.24) is 9.80 Å². The van der Waals surface area contributed by atoms with Crippen molar-refractivity contribution in [1.29, 1.82) is 0 Å². The van der Waals surface area contributed by atoms with Crippen molar-refractivity contribution in [3.05, 3.63) is 64.1 Å². The number of hydrogen-bond acceptors (Lipinski definition) is 3. The van der Waals surface area contributed by atoms with Gasteiger partial charge in [-0.15, -0.1) is 0 Å². The van der Waals surface area contributed by atoms with Crippen LogP contribution >= 0.6 is 15.9 Å². The number of hydrogen-bond donors (Lipinski definition) is 0. The summed E-state index contributed by atoms with van der Waals surface area (Å²) >= 11 is 3.51. The Morgan fingerprint density at radius 1 is 1.03 bits per heavy atom. The van der Waals surface area contributed by atoms with E-state index in [-0.39, 0.29) is 17.7 Å². The summed E-state index contributed by atoms with van der Waals surface area (Å²) in [5.74, 6) is 1.65. The predicted octanol–water partition coefficient (Wildman–Crippen LogP) is 3.86. The van der Waals surface area contributed by atoms with Gasteiger partial charge in [-0.25, -0.2) is 0 Å². The second-order valence-electron chi connectivity index (χ2n) is 8.06. The number of benzene rings is 2. The molecule has 0 bridgehead atoms. The molecule has 6 heteroatoms. The molecule has 2 aromatic carbocycles. The molecular weight excluding hydrogens is 444 g/mol. The maximum absolute atomic E-state index is 12.9. The summed E-state index contributed by atoms with van der Waals surface area (Å²) in [6, 6.07) is 16.1. The molecule has 1 heterocycles. The van der Waals surface area contributed by atoms with E-state index < -0.39 is 0 Å². The van der Waals surface area contributed by atoms with Crippen LogP contribution in [0.3, 0.4) is 0 Å². The van der Waals surface area contributed by atoms with Crippen molar-refractivity contribution in [3.63, 3.8) is 0 Å². The second kappa shape index (κ2) is 9.21. The molecule has 1 aliphatic carbocycles. The Morgan fingerprint density at radius 2 is 1.73 bits per heavy atom. The Labute approximate surface area is 186 Å². The van der Waals surface area contributed by atoms with Gasteiger partial charge in [0.05, 0.1) is 7.11 Å². The molecule has 158 valence electrons. The zero-order valence-electron chi connectivity index (χ0n) is 17.2. The second-order valence-corrected chi connectivity index (χ2v) is 8.97. The Kier molecular flexibility index (Phi) is 6.42. The van der Waals surface area contributed by atoms with E-state index in [1.165, 1.54) is 5.56 Å². The minimum absolute atomic E-state index is 0.0941. The molecule has 2 aliphatic rings. The number of carbonyl (C=O) groups excluding carboxylic acids is 2. The van der Waals surface area contributed by atoms with Gasteiger partial charge in [-0.1, -0.05) is 40.2 Å². The van der Waals surface area contributed by atoms with Gasteiger partial charge in [0.25, 0.3) is 0 Å². The molecule has 1 aliphatic heterocycles. The summed E-state index contributed by atoms with van der Waals surface area (Å²) in [5, 5.41) is 0. The molecule has 1 saturated heterocycles. The number of ether oxygens (including phenoxy) is 1. The topological polar surface area (TPSA) is 49.9 Å². The Balaban J connectivity index is 1.22. The smallest absolute Gasteiger partial charge is 0.226 e. The summed E-state index contributed by atoms with van der Waals surface area (Å²) in [5.41, 5.74) is 2.36. The zero-order valence-corrected chi connectivity index (χ0v) is 18.8. The van der Waals surface area contributed by atoms with Gasteiger partial charge in [0.2, 0.25) is 11.8 Å². The minimum Gasteiger partial charge on any atom is -0.497 e. The molecule has 5 nitrogen and oxygen atoms in total. The highest BCUT2D eigenvalue weighted by Gasteiger charge is 2.46. The maximum atomic E-state index is 12.9. The molecule has 2 atom stereocenters. The minimum atomic E-state index is 0.0941. The number of carbonyl (C=O) groups is 2. The Morgan fingerprint density at radius 3 is 2.40 bits per heavy atom. The van der Waals surface area contributed by atoms with Crippen molar-refractivity contribution in [2.75, 3.05) is 33.3 Å². The van der Waals surface area contributed by atoms with Gasteiger partial charge in [-0.05, 0) is 54.2 Å². The SMILES string of the molecule is COc1ccc(CCC(=O)N2CCN(C(=O)C3CC3c3cccc(Br)c3)CC2)cc1. The van der Waals surface area contributed by atoms with Crippen LogP contribution in [0.1, 0.15) is 29.9 Å². The summed E-state index contributed by atoms with van der Waals surface area (Å²) in [6.45, 7) is 2.52. The number of nitrogens with zero attached hydrogens (tertiary/aromatic N) is 2. The molecule has 0 N–H and O–H groups in total. The van der Waals surface area contributed by atoms with Crippen LogP contribution in [0.5, 0.6) is 5.75 Å². The van der Waals surface area contributed by atoms with Gasteiger partial charge in [0.1, 0.15) is 5.75 Å². The lowest BCUT2D eigenvalue weighted by Crippen LogP contribution is -2.51. The normalized spacial score (nSPS) is 20.7. The third kappa shape index (κ3) is 4.86.